The van der Waals surface area contributed by atoms with E-state index in [0.29, 0.717) is 0 Å². The lowest BCUT2D eigenvalue weighted by Gasteiger charge is -2.04. The Balaban J connectivity index is 1.87. The van der Waals surface area contributed by atoms with Crippen molar-refractivity contribution in [2.24, 2.45) is 7.05 Å². The van der Waals surface area contributed by atoms with E-state index in [4.69, 9.17) is 8.83 Å². The van der Waals surface area contributed by atoms with Gasteiger partial charge in [-0.1, -0.05) is 12.1 Å². The first-order valence-electron chi connectivity index (χ1n) is 7.60. The molecule has 23 heavy (non-hydrogen) atoms. The Morgan fingerprint density at radius 1 is 0.913 bits per heavy atom. The van der Waals surface area contributed by atoms with Gasteiger partial charge in [-0.15, -0.1) is 9.36 Å². The summed E-state index contributed by atoms with van der Waals surface area (Å²) in [5.74, 6) is 0. The van der Waals surface area contributed by atoms with Gasteiger partial charge in [0.05, 0.1) is 17.0 Å². The van der Waals surface area contributed by atoms with Gasteiger partial charge in [0.25, 0.3) is 0 Å². The van der Waals surface area contributed by atoms with Crippen LogP contribution in [0.1, 0.15) is 5.56 Å². The Bertz CT molecular complexity index is 1190. The number of hydrogen-bond acceptors (Lipinski definition) is 2. The van der Waals surface area contributed by atoms with Crippen LogP contribution in [0.3, 0.4) is 0 Å². The SMILES string of the molecule is Cc1cc2c(cc1-n1ccc[n+]1C)oc1c3ccccc3oc21. The predicted octanol–water partition coefficient (Wildman–Crippen LogP) is 4.26. The molecule has 0 saturated heterocycles. The normalized spacial score (nSPS) is 11.9. The molecule has 0 amide bonds. The first kappa shape index (κ1) is 12.5. The predicted molar refractivity (Wildman–Crippen MR) is 88.7 cm³/mol. The highest BCUT2D eigenvalue weighted by Gasteiger charge is 2.18. The van der Waals surface area contributed by atoms with E-state index in [-0.39, 0.29) is 0 Å². The first-order valence-corrected chi connectivity index (χ1v) is 7.60. The lowest BCUT2D eigenvalue weighted by atomic mass is 10.1. The van der Waals surface area contributed by atoms with Gasteiger partial charge in [0.1, 0.15) is 16.9 Å². The van der Waals surface area contributed by atoms with Crippen LogP contribution >= 0.6 is 0 Å². The van der Waals surface area contributed by atoms with Crippen molar-refractivity contribution in [3.63, 3.8) is 0 Å². The molecule has 0 N–H and O–H groups in total. The first-order chi connectivity index (χ1) is 11.2. The van der Waals surface area contributed by atoms with Crippen molar-refractivity contribution < 1.29 is 13.5 Å². The molecule has 0 aliphatic rings. The Kier molecular flexibility index (Phi) is 2.32. The summed E-state index contributed by atoms with van der Waals surface area (Å²) in [4.78, 5) is 0. The summed E-state index contributed by atoms with van der Waals surface area (Å²) in [5, 5.41) is 2.04. The summed E-state index contributed by atoms with van der Waals surface area (Å²) in [5.41, 5.74) is 5.63. The van der Waals surface area contributed by atoms with Crippen molar-refractivity contribution in [3.05, 3.63) is 60.4 Å². The largest absolute Gasteiger partial charge is 0.452 e. The van der Waals surface area contributed by atoms with E-state index in [1.807, 2.05) is 54.5 Å². The summed E-state index contributed by atoms with van der Waals surface area (Å²) in [7, 11) is 2.02. The fraction of sp³-hybridized carbons (Fsp3) is 0.105. The van der Waals surface area contributed by atoms with Gasteiger partial charge < -0.3 is 8.83 Å². The Morgan fingerprint density at radius 3 is 2.52 bits per heavy atom. The maximum atomic E-state index is 6.12. The average Bonchev–Trinajstić information content (AvgIpc) is 3.21. The second-order valence-electron chi connectivity index (χ2n) is 5.90. The summed E-state index contributed by atoms with van der Waals surface area (Å²) in [6, 6.07) is 14.2. The van der Waals surface area contributed by atoms with E-state index in [1.165, 1.54) is 5.56 Å². The van der Waals surface area contributed by atoms with E-state index < -0.39 is 0 Å². The molecule has 0 atom stereocenters. The zero-order valence-corrected chi connectivity index (χ0v) is 12.9. The molecule has 0 radical (unpaired) electrons. The second kappa shape index (κ2) is 4.26. The van der Waals surface area contributed by atoms with Crippen LogP contribution in [0.4, 0.5) is 0 Å². The molecule has 4 nitrogen and oxygen atoms in total. The molecule has 0 aliphatic carbocycles. The van der Waals surface area contributed by atoms with Crippen molar-refractivity contribution in [3.8, 4) is 5.69 Å². The number of fused-ring (bicyclic) bond motifs is 5. The number of nitrogens with zero attached hydrogens (tertiary/aromatic N) is 2. The fourth-order valence-corrected chi connectivity index (χ4v) is 3.27. The van der Waals surface area contributed by atoms with E-state index >= 15 is 0 Å². The number of aromatic nitrogens is 2. The van der Waals surface area contributed by atoms with Gasteiger partial charge in [-0.05, 0) is 30.7 Å². The molecular weight excluding hydrogens is 288 g/mol. The summed E-state index contributed by atoms with van der Waals surface area (Å²) < 4.78 is 16.3. The summed E-state index contributed by atoms with van der Waals surface area (Å²) >= 11 is 0. The molecule has 5 rings (SSSR count). The molecule has 0 fully saturated rings. The van der Waals surface area contributed by atoms with Gasteiger partial charge in [-0.2, -0.15) is 0 Å². The molecule has 0 saturated carbocycles. The standard InChI is InChI=1S/C19H15N2O2/c1-12-10-14-17(11-15(12)21-9-5-8-20(21)2)23-18-13-6-3-4-7-16(13)22-19(14)18/h3-11H,1-2H3/q+1. The van der Waals surface area contributed by atoms with Crippen LogP contribution in [0.25, 0.3) is 38.8 Å². The highest BCUT2D eigenvalue weighted by atomic mass is 16.4. The van der Waals surface area contributed by atoms with Gasteiger partial charge in [-0.3, -0.25) is 0 Å². The van der Waals surface area contributed by atoms with Crippen molar-refractivity contribution in [1.82, 2.24) is 4.68 Å². The Hall–Kier alpha value is -3.01. The van der Waals surface area contributed by atoms with Crippen LogP contribution in [0.2, 0.25) is 0 Å². The molecule has 0 unspecified atom stereocenters. The molecule has 0 bridgehead atoms. The lowest BCUT2D eigenvalue weighted by Crippen LogP contribution is -2.36. The Labute approximate surface area is 132 Å². The minimum Gasteiger partial charge on any atom is -0.452 e. The zero-order valence-electron chi connectivity index (χ0n) is 12.9. The molecule has 3 heterocycles. The Morgan fingerprint density at radius 2 is 1.70 bits per heavy atom. The van der Waals surface area contributed by atoms with Crippen molar-refractivity contribution in [2.45, 2.75) is 6.92 Å². The van der Waals surface area contributed by atoms with Gasteiger partial charge in [-0.25, -0.2) is 0 Å². The number of aryl methyl sites for hydroxylation is 2. The monoisotopic (exact) mass is 303 g/mol. The second-order valence-corrected chi connectivity index (χ2v) is 5.90. The quantitative estimate of drug-likeness (QED) is 0.434. The molecule has 112 valence electrons. The van der Waals surface area contributed by atoms with Crippen LogP contribution < -0.4 is 4.68 Å². The maximum Gasteiger partial charge on any atom is 0.195 e. The van der Waals surface area contributed by atoms with Crippen LogP contribution in [0.15, 0.2) is 63.7 Å². The third-order valence-electron chi connectivity index (χ3n) is 4.42. The molecule has 0 aliphatic heterocycles. The number of para-hydroxylation sites is 1. The third kappa shape index (κ3) is 1.63. The minimum absolute atomic E-state index is 0.823. The van der Waals surface area contributed by atoms with Crippen LogP contribution in [0, 0.1) is 6.92 Å². The van der Waals surface area contributed by atoms with E-state index in [0.717, 1.165) is 38.8 Å². The molecule has 2 aromatic carbocycles. The maximum absolute atomic E-state index is 6.12. The highest BCUT2D eigenvalue weighted by Crippen LogP contribution is 2.37. The smallest absolute Gasteiger partial charge is 0.195 e. The molecular formula is C19H15N2O2+. The van der Waals surface area contributed by atoms with Crippen molar-refractivity contribution in [1.29, 1.82) is 0 Å². The van der Waals surface area contributed by atoms with Gasteiger partial charge in [0.2, 0.25) is 0 Å². The summed E-state index contributed by atoms with van der Waals surface area (Å²) in [6.45, 7) is 2.11. The molecule has 5 aromatic rings. The average molecular weight is 303 g/mol. The van der Waals surface area contributed by atoms with Crippen LogP contribution in [0.5, 0.6) is 0 Å². The summed E-state index contributed by atoms with van der Waals surface area (Å²) in [6.07, 6.45) is 4.06. The van der Waals surface area contributed by atoms with Crippen LogP contribution in [-0.4, -0.2) is 4.68 Å². The molecule has 3 aromatic heterocycles. The fourth-order valence-electron chi connectivity index (χ4n) is 3.27. The number of furan rings is 2. The number of hydrogen-bond donors (Lipinski definition) is 0. The van der Waals surface area contributed by atoms with Crippen molar-refractivity contribution >= 4 is 33.1 Å². The topological polar surface area (TPSA) is 35.1 Å². The number of rotatable bonds is 1. The van der Waals surface area contributed by atoms with Gasteiger partial charge >= 0.3 is 0 Å². The zero-order chi connectivity index (χ0) is 15.6. The van der Waals surface area contributed by atoms with E-state index in [1.54, 1.807) is 0 Å². The molecule has 4 heteroatoms. The van der Waals surface area contributed by atoms with Crippen molar-refractivity contribution in [2.75, 3.05) is 0 Å². The number of benzene rings is 2. The van der Waals surface area contributed by atoms with E-state index in [2.05, 4.69) is 23.7 Å². The third-order valence-corrected chi connectivity index (χ3v) is 4.42. The van der Waals surface area contributed by atoms with E-state index in [9.17, 15) is 0 Å². The van der Waals surface area contributed by atoms with Gasteiger partial charge in [0.15, 0.2) is 24.4 Å². The highest BCUT2D eigenvalue weighted by molar-refractivity contribution is 6.12. The lowest BCUT2D eigenvalue weighted by molar-refractivity contribution is -0.744. The minimum atomic E-state index is 0.823. The van der Waals surface area contributed by atoms with Crippen LogP contribution in [-0.2, 0) is 7.05 Å². The van der Waals surface area contributed by atoms with Gasteiger partial charge in [0, 0.05) is 12.1 Å². The molecule has 0 spiro atoms.